The summed E-state index contributed by atoms with van der Waals surface area (Å²) in [6, 6.07) is 0. The number of hydrogen-bond acceptors (Lipinski definition) is 1. The normalized spacial score (nSPS) is 35.6. The van der Waals surface area contributed by atoms with Crippen molar-refractivity contribution in [2.24, 2.45) is 11.8 Å². The summed E-state index contributed by atoms with van der Waals surface area (Å²) in [4.78, 5) is 3.38. The fourth-order valence-corrected chi connectivity index (χ4v) is 3.11. The van der Waals surface area contributed by atoms with Gasteiger partial charge in [-0.15, -0.1) is 0 Å². The van der Waals surface area contributed by atoms with Gasteiger partial charge in [-0.25, -0.2) is 0 Å². The SMILES string of the molecule is CC1CCN(CCC2CCC2)CC1Br. The third-order valence-corrected chi connectivity index (χ3v) is 5.22. The molecule has 1 aliphatic heterocycles. The molecule has 1 aliphatic carbocycles. The third kappa shape index (κ3) is 2.73. The number of nitrogens with zero attached hydrogens (tertiary/aromatic N) is 1. The van der Waals surface area contributed by atoms with E-state index in [9.17, 15) is 0 Å². The number of likely N-dealkylation sites (tertiary alicyclic amines) is 1. The van der Waals surface area contributed by atoms with E-state index < -0.39 is 0 Å². The second-order valence-corrected chi connectivity index (χ2v) is 6.34. The number of rotatable bonds is 3. The molecule has 0 aromatic carbocycles. The molecule has 2 atom stereocenters. The Kier molecular flexibility index (Phi) is 3.89. The summed E-state index contributed by atoms with van der Waals surface area (Å²) in [6.07, 6.45) is 7.32. The zero-order valence-electron chi connectivity index (χ0n) is 9.21. The monoisotopic (exact) mass is 259 g/mol. The Labute approximate surface area is 96.4 Å². The highest BCUT2D eigenvalue weighted by atomic mass is 79.9. The molecule has 2 unspecified atom stereocenters. The van der Waals surface area contributed by atoms with Crippen molar-refractivity contribution in [3.05, 3.63) is 0 Å². The van der Waals surface area contributed by atoms with Crippen LogP contribution in [0.15, 0.2) is 0 Å². The second-order valence-electron chi connectivity index (χ2n) is 5.17. The van der Waals surface area contributed by atoms with Crippen LogP contribution in [0.25, 0.3) is 0 Å². The van der Waals surface area contributed by atoms with E-state index in [0.717, 1.165) is 16.7 Å². The van der Waals surface area contributed by atoms with Crippen LogP contribution in [0.3, 0.4) is 0 Å². The lowest BCUT2D eigenvalue weighted by atomic mass is 9.83. The van der Waals surface area contributed by atoms with Crippen LogP contribution in [0.1, 0.15) is 39.0 Å². The highest BCUT2D eigenvalue weighted by Gasteiger charge is 2.25. The van der Waals surface area contributed by atoms with Crippen molar-refractivity contribution < 1.29 is 0 Å². The summed E-state index contributed by atoms with van der Waals surface area (Å²) in [6.45, 7) is 6.31. The van der Waals surface area contributed by atoms with Gasteiger partial charge < -0.3 is 4.90 Å². The fourth-order valence-electron chi connectivity index (χ4n) is 2.43. The summed E-state index contributed by atoms with van der Waals surface area (Å²) in [5, 5.41) is 0. The molecule has 2 aliphatic rings. The van der Waals surface area contributed by atoms with Crippen molar-refractivity contribution >= 4 is 15.9 Å². The first-order valence-corrected chi connectivity index (χ1v) is 7.03. The van der Waals surface area contributed by atoms with Gasteiger partial charge in [-0.1, -0.05) is 42.1 Å². The Morgan fingerprint density at radius 3 is 2.64 bits per heavy atom. The summed E-state index contributed by atoms with van der Waals surface area (Å²) in [7, 11) is 0. The van der Waals surface area contributed by atoms with Crippen molar-refractivity contribution in [3.8, 4) is 0 Å². The van der Waals surface area contributed by atoms with Crippen LogP contribution in [0.4, 0.5) is 0 Å². The van der Waals surface area contributed by atoms with E-state index in [2.05, 4.69) is 27.8 Å². The van der Waals surface area contributed by atoms with Gasteiger partial charge in [-0.2, -0.15) is 0 Å². The summed E-state index contributed by atoms with van der Waals surface area (Å²) in [5.74, 6) is 1.94. The van der Waals surface area contributed by atoms with Gasteiger partial charge in [0, 0.05) is 11.4 Å². The molecule has 0 spiro atoms. The van der Waals surface area contributed by atoms with Crippen molar-refractivity contribution in [3.63, 3.8) is 0 Å². The van der Waals surface area contributed by atoms with Crippen LogP contribution in [0.5, 0.6) is 0 Å². The van der Waals surface area contributed by atoms with Crippen LogP contribution in [0, 0.1) is 11.8 Å². The average molecular weight is 260 g/mol. The Morgan fingerprint density at radius 1 is 1.29 bits per heavy atom. The van der Waals surface area contributed by atoms with Gasteiger partial charge in [-0.05, 0) is 37.8 Å². The molecule has 82 valence electrons. The molecule has 1 saturated carbocycles. The molecule has 1 heterocycles. The molecule has 0 radical (unpaired) electrons. The molecule has 2 rings (SSSR count). The first-order valence-electron chi connectivity index (χ1n) is 6.12. The van der Waals surface area contributed by atoms with Gasteiger partial charge in [0.15, 0.2) is 0 Å². The van der Waals surface area contributed by atoms with E-state index >= 15 is 0 Å². The fraction of sp³-hybridized carbons (Fsp3) is 1.00. The van der Waals surface area contributed by atoms with Crippen LogP contribution >= 0.6 is 15.9 Å². The largest absolute Gasteiger partial charge is 0.302 e. The number of alkyl halides is 1. The molecule has 0 bridgehead atoms. The third-order valence-electron chi connectivity index (χ3n) is 4.03. The van der Waals surface area contributed by atoms with Crippen LogP contribution in [0.2, 0.25) is 0 Å². The molecular formula is C12H22BrN. The maximum atomic E-state index is 3.79. The van der Waals surface area contributed by atoms with Crippen LogP contribution < -0.4 is 0 Å². The van der Waals surface area contributed by atoms with Crippen molar-refractivity contribution in [1.82, 2.24) is 4.90 Å². The highest BCUT2D eigenvalue weighted by Crippen LogP contribution is 2.30. The Balaban J connectivity index is 1.65. The van der Waals surface area contributed by atoms with E-state index in [4.69, 9.17) is 0 Å². The molecule has 1 nitrogen and oxygen atoms in total. The molecule has 2 fully saturated rings. The lowest BCUT2D eigenvalue weighted by Gasteiger charge is -2.36. The molecule has 0 amide bonds. The van der Waals surface area contributed by atoms with E-state index in [1.54, 1.807) is 0 Å². The highest BCUT2D eigenvalue weighted by molar-refractivity contribution is 9.09. The predicted octanol–water partition coefficient (Wildman–Crippen LogP) is 3.28. The Morgan fingerprint density at radius 2 is 2.07 bits per heavy atom. The maximum Gasteiger partial charge on any atom is 0.0299 e. The van der Waals surface area contributed by atoms with Gasteiger partial charge in [0.25, 0.3) is 0 Å². The van der Waals surface area contributed by atoms with Gasteiger partial charge in [0.2, 0.25) is 0 Å². The van der Waals surface area contributed by atoms with Crippen molar-refractivity contribution in [1.29, 1.82) is 0 Å². The van der Waals surface area contributed by atoms with Crippen molar-refractivity contribution in [2.75, 3.05) is 19.6 Å². The maximum absolute atomic E-state index is 3.79. The molecule has 0 aromatic rings. The molecule has 0 aromatic heterocycles. The lowest BCUT2D eigenvalue weighted by Crippen LogP contribution is -2.41. The summed E-state index contributed by atoms with van der Waals surface area (Å²) in [5.41, 5.74) is 0. The minimum absolute atomic E-state index is 0.734. The van der Waals surface area contributed by atoms with Gasteiger partial charge in [0.1, 0.15) is 0 Å². The lowest BCUT2D eigenvalue weighted by molar-refractivity contribution is 0.171. The number of halogens is 1. The zero-order chi connectivity index (χ0) is 9.97. The molecule has 2 heteroatoms. The van der Waals surface area contributed by atoms with Crippen LogP contribution in [-0.4, -0.2) is 29.4 Å². The smallest absolute Gasteiger partial charge is 0.0299 e. The van der Waals surface area contributed by atoms with Gasteiger partial charge >= 0.3 is 0 Å². The molecule has 1 saturated heterocycles. The first-order chi connectivity index (χ1) is 6.75. The zero-order valence-corrected chi connectivity index (χ0v) is 10.8. The summed E-state index contributed by atoms with van der Waals surface area (Å²) >= 11 is 3.79. The van der Waals surface area contributed by atoms with E-state index in [1.807, 2.05) is 0 Å². The molecule has 0 N–H and O–H groups in total. The van der Waals surface area contributed by atoms with Crippen molar-refractivity contribution in [2.45, 2.75) is 43.9 Å². The Bertz CT molecular complexity index is 179. The minimum Gasteiger partial charge on any atom is -0.302 e. The summed E-state index contributed by atoms with van der Waals surface area (Å²) < 4.78 is 0. The molecule has 14 heavy (non-hydrogen) atoms. The van der Waals surface area contributed by atoms with E-state index in [0.29, 0.717) is 0 Å². The first kappa shape index (κ1) is 10.9. The number of hydrogen-bond donors (Lipinski definition) is 0. The average Bonchev–Trinajstić information content (AvgIpc) is 2.08. The second kappa shape index (κ2) is 4.98. The molecular weight excluding hydrogens is 238 g/mol. The standard InChI is InChI=1S/C12H22BrN/c1-10-5-7-14(9-12(10)13)8-6-11-3-2-4-11/h10-12H,2-9H2,1H3. The van der Waals surface area contributed by atoms with E-state index in [-0.39, 0.29) is 0 Å². The Hall–Kier alpha value is 0.440. The van der Waals surface area contributed by atoms with Gasteiger partial charge in [-0.3, -0.25) is 0 Å². The number of piperidine rings is 1. The van der Waals surface area contributed by atoms with Gasteiger partial charge in [0.05, 0.1) is 0 Å². The van der Waals surface area contributed by atoms with E-state index in [1.165, 1.54) is 51.7 Å². The quantitative estimate of drug-likeness (QED) is 0.704. The topological polar surface area (TPSA) is 3.24 Å². The predicted molar refractivity (Wildman–Crippen MR) is 64.9 cm³/mol. The van der Waals surface area contributed by atoms with Crippen LogP contribution in [-0.2, 0) is 0 Å². The minimum atomic E-state index is 0.734.